The lowest BCUT2D eigenvalue weighted by atomic mass is 9.86. The Hall–Kier alpha value is -2.28. The highest BCUT2D eigenvalue weighted by Crippen LogP contribution is 2.25. The van der Waals surface area contributed by atoms with Crippen LogP contribution in [0.1, 0.15) is 49.6 Å². The van der Waals surface area contributed by atoms with Crippen LogP contribution in [0.3, 0.4) is 0 Å². The lowest BCUT2D eigenvalue weighted by Crippen LogP contribution is -2.41. The predicted molar refractivity (Wildman–Crippen MR) is 121 cm³/mol. The van der Waals surface area contributed by atoms with Crippen molar-refractivity contribution >= 4 is 17.7 Å². The second-order valence-corrected chi connectivity index (χ2v) is 9.02. The molecule has 6 nitrogen and oxygen atoms in total. The van der Waals surface area contributed by atoms with Gasteiger partial charge in [0, 0.05) is 12.6 Å². The Morgan fingerprint density at radius 3 is 2.90 bits per heavy atom. The normalized spacial score (nSPS) is 18.8. The van der Waals surface area contributed by atoms with E-state index in [0.29, 0.717) is 36.0 Å². The van der Waals surface area contributed by atoms with Crippen molar-refractivity contribution in [3.8, 4) is 5.75 Å². The van der Waals surface area contributed by atoms with E-state index in [9.17, 15) is 4.79 Å². The van der Waals surface area contributed by atoms with Crippen molar-refractivity contribution in [1.29, 1.82) is 0 Å². The number of nitrogens with zero attached hydrogens (tertiary/aromatic N) is 3. The van der Waals surface area contributed by atoms with Crippen LogP contribution >= 0.6 is 11.8 Å². The minimum absolute atomic E-state index is 0.0556. The molecule has 0 aliphatic heterocycles. The number of amides is 1. The highest BCUT2D eigenvalue weighted by atomic mass is 32.2. The first-order valence-corrected chi connectivity index (χ1v) is 11.6. The molecule has 0 unspecified atom stereocenters. The molecule has 1 saturated carbocycles. The molecule has 0 radical (unpaired) electrons. The van der Waals surface area contributed by atoms with E-state index in [0.717, 1.165) is 29.1 Å². The van der Waals surface area contributed by atoms with Gasteiger partial charge in [-0.1, -0.05) is 49.7 Å². The van der Waals surface area contributed by atoms with E-state index in [2.05, 4.69) is 35.1 Å². The quantitative estimate of drug-likeness (QED) is 0.472. The zero-order chi connectivity index (χ0) is 21.5. The molecule has 1 fully saturated rings. The van der Waals surface area contributed by atoms with Crippen molar-refractivity contribution in [2.45, 2.75) is 70.8 Å². The van der Waals surface area contributed by atoms with Gasteiger partial charge in [-0.15, -0.1) is 16.8 Å². The first kappa shape index (κ1) is 22.4. The molecule has 1 N–H and O–H groups in total. The van der Waals surface area contributed by atoms with Crippen molar-refractivity contribution in [3.63, 3.8) is 0 Å². The molecule has 3 rings (SSSR count). The third-order valence-electron chi connectivity index (χ3n) is 5.60. The maximum absolute atomic E-state index is 12.5. The summed E-state index contributed by atoms with van der Waals surface area (Å²) in [4.78, 5) is 12.5. The van der Waals surface area contributed by atoms with Crippen LogP contribution in [0.15, 0.2) is 36.0 Å². The average molecular weight is 429 g/mol. The topological polar surface area (TPSA) is 69.0 Å². The number of carbonyl (C=O) groups excluding carboxylic acids is 1. The maximum atomic E-state index is 12.5. The molecule has 30 heavy (non-hydrogen) atoms. The molecule has 2 aromatic rings. The summed E-state index contributed by atoms with van der Waals surface area (Å²) in [5.41, 5.74) is 2.23. The molecule has 0 spiro atoms. The molecule has 1 aliphatic carbocycles. The molecule has 0 bridgehead atoms. The number of aromatic nitrogens is 3. The van der Waals surface area contributed by atoms with Crippen molar-refractivity contribution < 1.29 is 9.53 Å². The summed E-state index contributed by atoms with van der Waals surface area (Å²) in [6.07, 6.45) is 6.53. The first-order valence-electron chi connectivity index (χ1n) is 10.6. The van der Waals surface area contributed by atoms with Crippen molar-refractivity contribution in [1.82, 2.24) is 20.1 Å². The van der Waals surface area contributed by atoms with Gasteiger partial charge in [-0.2, -0.15) is 0 Å². The molecule has 1 aromatic carbocycles. The summed E-state index contributed by atoms with van der Waals surface area (Å²) < 4.78 is 7.95. The number of carbonyl (C=O) groups is 1. The van der Waals surface area contributed by atoms with E-state index in [-0.39, 0.29) is 5.91 Å². The summed E-state index contributed by atoms with van der Waals surface area (Å²) >= 11 is 1.41. The van der Waals surface area contributed by atoms with Gasteiger partial charge >= 0.3 is 0 Å². The Labute approximate surface area is 183 Å². The highest BCUT2D eigenvalue weighted by Gasteiger charge is 2.23. The molecule has 0 saturated heterocycles. The van der Waals surface area contributed by atoms with Crippen LogP contribution in [-0.2, 0) is 17.9 Å². The Kier molecular flexibility index (Phi) is 7.96. The number of nitrogens with one attached hydrogen (secondary N) is 1. The second-order valence-electron chi connectivity index (χ2n) is 8.08. The van der Waals surface area contributed by atoms with Crippen molar-refractivity contribution in [2.75, 3.05) is 5.75 Å². The Bertz CT molecular complexity index is 880. The molecule has 2 atom stereocenters. The van der Waals surface area contributed by atoms with Gasteiger partial charge in [0.1, 0.15) is 12.4 Å². The van der Waals surface area contributed by atoms with Crippen LogP contribution < -0.4 is 10.1 Å². The van der Waals surface area contributed by atoms with Gasteiger partial charge in [0.2, 0.25) is 5.91 Å². The molecule has 1 amide bonds. The van der Waals surface area contributed by atoms with Gasteiger partial charge in [-0.25, -0.2) is 0 Å². The summed E-state index contributed by atoms with van der Waals surface area (Å²) in [5.74, 6) is 2.50. The lowest BCUT2D eigenvalue weighted by molar-refractivity contribution is -0.119. The maximum Gasteiger partial charge on any atom is 0.230 e. The minimum Gasteiger partial charge on any atom is -0.485 e. The number of benzene rings is 1. The van der Waals surface area contributed by atoms with Gasteiger partial charge in [0.05, 0.1) is 5.75 Å². The smallest absolute Gasteiger partial charge is 0.230 e. The standard InChI is InChI=1S/C23H32N4O2S/c1-5-12-27-21(14-29-20-13-16(2)10-11-18(20)4)25-26-23(27)30-15-22(28)24-19-9-7-6-8-17(19)3/h5,10-11,13,17,19H,1,6-9,12,14-15H2,2-4H3,(H,24,28)/t17-,19+/m1/s1. The van der Waals surface area contributed by atoms with Crippen LogP contribution in [0.5, 0.6) is 5.75 Å². The van der Waals surface area contributed by atoms with E-state index in [1.165, 1.54) is 31.0 Å². The molecule has 1 heterocycles. The monoisotopic (exact) mass is 428 g/mol. The lowest BCUT2D eigenvalue weighted by Gasteiger charge is -2.29. The molecule has 1 aliphatic rings. The van der Waals surface area contributed by atoms with Crippen LogP contribution in [0.25, 0.3) is 0 Å². The van der Waals surface area contributed by atoms with E-state index in [1.54, 1.807) is 6.08 Å². The fraction of sp³-hybridized carbons (Fsp3) is 0.522. The van der Waals surface area contributed by atoms with E-state index >= 15 is 0 Å². The number of hydrogen-bond acceptors (Lipinski definition) is 5. The number of ether oxygens (including phenoxy) is 1. The number of hydrogen-bond donors (Lipinski definition) is 1. The second kappa shape index (κ2) is 10.7. The van der Waals surface area contributed by atoms with Crippen molar-refractivity contribution in [3.05, 3.63) is 47.8 Å². The number of aryl methyl sites for hydroxylation is 2. The Balaban J connectivity index is 1.60. The number of allylic oxidation sites excluding steroid dienone is 1. The third-order valence-corrected chi connectivity index (χ3v) is 6.56. The minimum atomic E-state index is 0.0556. The number of thioether (sulfide) groups is 1. The molecule has 7 heteroatoms. The zero-order valence-electron chi connectivity index (χ0n) is 18.2. The van der Waals surface area contributed by atoms with E-state index in [4.69, 9.17) is 4.74 Å². The van der Waals surface area contributed by atoms with Gasteiger partial charge in [0.25, 0.3) is 0 Å². The first-order chi connectivity index (χ1) is 14.5. The molecular formula is C23H32N4O2S. The van der Waals surface area contributed by atoms with E-state index in [1.807, 2.05) is 30.5 Å². The highest BCUT2D eigenvalue weighted by molar-refractivity contribution is 7.99. The fourth-order valence-electron chi connectivity index (χ4n) is 3.76. The SMILES string of the molecule is C=CCn1c(COc2cc(C)ccc2C)nnc1SCC(=O)N[C@H]1CCCC[C@H]1C. The van der Waals surface area contributed by atoms with Crippen molar-refractivity contribution in [2.24, 2.45) is 5.92 Å². The average Bonchev–Trinajstić information content (AvgIpc) is 3.11. The van der Waals surface area contributed by atoms with Gasteiger partial charge < -0.3 is 10.1 Å². The fourth-order valence-corrected chi connectivity index (χ4v) is 4.54. The zero-order valence-corrected chi connectivity index (χ0v) is 19.0. The van der Waals surface area contributed by atoms with Gasteiger partial charge in [0.15, 0.2) is 11.0 Å². The van der Waals surface area contributed by atoms with Crippen LogP contribution in [0.2, 0.25) is 0 Å². The molecular weight excluding hydrogens is 396 g/mol. The summed E-state index contributed by atoms with van der Waals surface area (Å²) in [7, 11) is 0. The summed E-state index contributed by atoms with van der Waals surface area (Å²) in [5, 5.41) is 12.5. The third kappa shape index (κ3) is 5.88. The molecule has 162 valence electrons. The van der Waals surface area contributed by atoms with E-state index < -0.39 is 0 Å². The largest absolute Gasteiger partial charge is 0.485 e. The van der Waals surface area contributed by atoms with Crippen LogP contribution in [0, 0.1) is 19.8 Å². The Morgan fingerprint density at radius 1 is 1.33 bits per heavy atom. The summed E-state index contributed by atoms with van der Waals surface area (Å²) in [6.45, 7) is 11.0. The van der Waals surface area contributed by atoms with Gasteiger partial charge in [-0.3, -0.25) is 9.36 Å². The predicted octanol–water partition coefficient (Wildman–Crippen LogP) is 4.45. The van der Waals surface area contributed by atoms with Crippen LogP contribution in [0.4, 0.5) is 0 Å². The number of rotatable bonds is 9. The molecule has 1 aromatic heterocycles. The Morgan fingerprint density at radius 2 is 2.13 bits per heavy atom. The van der Waals surface area contributed by atoms with Crippen LogP contribution in [-0.4, -0.2) is 32.5 Å². The summed E-state index contributed by atoms with van der Waals surface area (Å²) in [6, 6.07) is 6.43. The van der Waals surface area contributed by atoms with Gasteiger partial charge in [-0.05, 0) is 49.8 Å².